The average Bonchev–Trinajstić information content (AvgIpc) is 2.44. The first-order valence-electron chi connectivity index (χ1n) is 6.41. The van der Waals surface area contributed by atoms with E-state index in [4.69, 9.17) is 9.47 Å². The highest BCUT2D eigenvalue weighted by Gasteiger charge is 2.36. The molecule has 0 aromatic heterocycles. The van der Waals surface area contributed by atoms with E-state index in [9.17, 15) is 14.4 Å². The quantitative estimate of drug-likeness (QED) is 0.466. The zero-order chi connectivity index (χ0) is 16.3. The molecule has 0 aliphatic carbocycles. The van der Waals surface area contributed by atoms with Crippen LogP contribution in [0, 0.1) is 5.92 Å². The van der Waals surface area contributed by atoms with Gasteiger partial charge in [0.2, 0.25) is 0 Å². The summed E-state index contributed by atoms with van der Waals surface area (Å²) >= 11 is 3.32. The number of benzene rings is 1. The Morgan fingerprint density at radius 3 is 2.73 bits per heavy atom. The van der Waals surface area contributed by atoms with Crippen molar-refractivity contribution in [2.45, 2.75) is 6.92 Å². The van der Waals surface area contributed by atoms with E-state index < -0.39 is 23.5 Å². The lowest BCUT2D eigenvalue weighted by molar-refractivity contribution is -0.151. The summed E-state index contributed by atoms with van der Waals surface area (Å²) < 4.78 is 10.8. The van der Waals surface area contributed by atoms with Crippen molar-refractivity contribution in [2.24, 2.45) is 5.92 Å². The minimum Gasteiger partial charge on any atom is -0.496 e. The van der Waals surface area contributed by atoms with Crippen molar-refractivity contribution in [3.8, 4) is 5.75 Å². The number of allylic oxidation sites excluding steroid dienone is 3. The molecular formula is C16H13BrO5. The zero-order valence-electron chi connectivity index (χ0n) is 12.0. The summed E-state index contributed by atoms with van der Waals surface area (Å²) in [5.41, 5.74) is 0.647. The molecule has 0 radical (unpaired) electrons. The maximum absolute atomic E-state index is 12.1. The van der Waals surface area contributed by atoms with Crippen molar-refractivity contribution in [2.75, 3.05) is 7.11 Å². The second-order valence-corrected chi connectivity index (χ2v) is 5.55. The Bertz CT molecular complexity index is 702. The van der Waals surface area contributed by atoms with Crippen molar-refractivity contribution < 1.29 is 23.9 Å². The van der Waals surface area contributed by atoms with Gasteiger partial charge in [0.1, 0.15) is 11.5 Å². The molecule has 22 heavy (non-hydrogen) atoms. The van der Waals surface area contributed by atoms with Crippen molar-refractivity contribution in [3.05, 3.63) is 46.1 Å². The van der Waals surface area contributed by atoms with Crippen LogP contribution in [0.2, 0.25) is 0 Å². The van der Waals surface area contributed by atoms with Crippen LogP contribution < -0.4 is 4.74 Å². The summed E-state index contributed by atoms with van der Waals surface area (Å²) in [7, 11) is 1.51. The third kappa shape index (κ3) is 3.51. The average molecular weight is 365 g/mol. The summed E-state index contributed by atoms with van der Waals surface area (Å²) in [6.07, 6.45) is 3.83. The molecule has 0 fully saturated rings. The highest BCUT2D eigenvalue weighted by Crippen LogP contribution is 2.24. The molecule has 1 atom stereocenters. The van der Waals surface area contributed by atoms with Crippen LogP contribution in [-0.2, 0) is 19.1 Å². The number of ketones is 2. The summed E-state index contributed by atoms with van der Waals surface area (Å²) in [6, 6.07) is 5.29. The second-order valence-electron chi connectivity index (χ2n) is 4.63. The molecule has 1 aromatic carbocycles. The lowest BCUT2D eigenvalue weighted by Gasteiger charge is -2.15. The van der Waals surface area contributed by atoms with Gasteiger partial charge in [0.05, 0.1) is 7.11 Å². The molecule has 0 bridgehead atoms. The molecule has 2 rings (SSSR count). The van der Waals surface area contributed by atoms with E-state index in [0.717, 1.165) is 10.5 Å². The third-order valence-corrected chi connectivity index (χ3v) is 3.52. The van der Waals surface area contributed by atoms with Gasteiger partial charge in [-0.25, -0.2) is 0 Å². The van der Waals surface area contributed by atoms with Gasteiger partial charge in [0.15, 0.2) is 17.5 Å². The van der Waals surface area contributed by atoms with Crippen molar-refractivity contribution in [3.63, 3.8) is 0 Å². The van der Waals surface area contributed by atoms with Gasteiger partial charge < -0.3 is 9.47 Å². The largest absolute Gasteiger partial charge is 0.496 e. The number of esters is 1. The zero-order valence-corrected chi connectivity index (χ0v) is 13.5. The number of methoxy groups -OCH3 is 1. The van der Waals surface area contributed by atoms with E-state index in [-0.39, 0.29) is 5.76 Å². The Balaban J connectivity index is 2.24. The van der Waals surface area contributed by atoms with Crippen LogP contribution in [0.25, 0.3) is 6.08 Å². The fourth-order valence-corrected chi connectivity index (χ4v) is 2.39. The smallest absolute Gasteiger partial charge is 0.329 e. The van der Waals surface area contributed by atoms with Crippen LogP contribution in [0.3, 0.4) is 0 Å². The van der Waals surface area contributed by atoms with E-state index >= 15 is 0 Å². The number of hydrogen-bond donors (Lipinski definition) is 0. The van der Waals surface area contributed by atoms with Crippen LogP contribution in [0.15, 0.2) is 40.6 Å². The fraction of sp³-hybridized carbons (Fsp3) is 0.188. The van der Waals surface area contributed by atoms with Gasteiger partial charge in [-0.15, -0.1) is 0 Å². The monoisotopic (exact) mass is 364 g/mol. The summed E-state index contributed by atoms with van der Waals surface area (Å²) in [4.78, 5) is 35.5. The Morgan fingerprint density at radius 1 is 1.36 bits per heavy atom. The first-order chi connectivity index (χ1) is 10.4. The SMILES string of the molecule is COc1ccc(Br)cc1C=CC(=O)C1C(=O)C=C(C)OC1=O. The minimum atomic E-state index is -1.43. The molecule has 1 aromatic rings. The van der Waals surface area contributed by atoms with Crippen molar-refractivity contribution >= 4 is 39.5 Å². The Hall–Kier alpha value is -2.21. The Labute approximate surface area is 135 Å². The Morgan fingerprint density at radius 2 is 2.09 bits per heavy atom. The molecular weight excluding hydrogens is 352 g/mol. The van der Waals surface area contributed by atoms with E-state index in [1.807, 2.05) is 0 Å². The maximum Gasteiger partial charge on any atom is 0.329 e. The number of carbonyl (C=O) groups is 3. The summed E-state index contributed by atoms with van der Waals surface area (Å²) in [5, 5.41) is 0. The molecule has 1 aliphatic rings. The fourth-order valence-electron chi connectivity index (χ4n) is 2.01. The highest BCUT2D eigenvalue weighted by molar-refractivity contribution is 9.10. The van der Waals surface area contributed by atoms with E-state index in [2.05, 4.69) is 15.9 Å². The number of hydrogen-bond acceptors (Lipinski definition) is 5. The third-order valence-electron chi connectivity index (χ3n) is 3.03. The van der Waals surface area contributed by atoms with Gasteiger partial charge >= 0.3 is 5.97 Å². The maximum atomic E-state index is 12.1. The van der Waals surface area contributed by atoms with Gasteiger partial charge in [-0.1, -0.05) is 15.9 Å². The molecule has 0 N–H and O–H groups in total. The van der Waals surface area contributed by atoms with E-state index in [1.54, 1.807) is 18.2 Å². The lowest BCUT2D eigenvalue weighted by atomic mass is 9.96. The van der Waals surface area contributed by atoms with Gasteiger partial charge in [-0.2, -0.15) is 0 Å². The summed E-state index contributed by atoms with van der Waals surface area (Å²) in [5.74, 6) is -2.71. The second kappa shape index (κ2) is 6.70. The molecule has 6 heteroatoms. The number of rotatable bonds is 4. The molecule has 114 valence electrons. The predicted molar refractivity (Wildman–Crippen MR) is 83.1 cm³/mol. The van der Waals surface area contributed by atoms with Gasteiger partial charge in [0.25, 0.3) is 0 Å². The van der Waals surface area contributed by atoms with Crippen molar-refractivity contribution in [1.82, 2.24) is 0 Å². The van der Waals surface area contributed by atoms with Crippen molar-refractivity contribution in [1.29, 1.82) is 0 Å². The van der Waals surface area contributed by atoms with E-state index in [0.29, 0.717) is 11.3 Å². The topological polar surface area (TPSA) is 69.7 Å². The number of carbonyl (C=O) groups excluding carboxylic acids is 3. The molecule has 1 unspecified atom stereocenters. The van der Waals surface area contributed by atoms with Crippen LogP contribution in [0.1, 0.15) is 12.5 Å². The first-order valence-corrected chi connectivity index (χ1v) is 7.21. The number of ether oxygens (including phenoxy) is 2. The van der Waals surface area contributed by atoms with Crippen LogP contribution in [0.4, 0.5) is 0 Å². The van der Waals surface area contributed by atoms with Gasteiger partial charge in [0, 0.05) is 16.1 Å². The van der Waals surface area contributed by atoms with Gasteiger partial charge in [-0.3, -0.25) is 14.4 Å². The molecule has 5 nitrogen and oxygen atoms in total. The molecule has 0 saturated heterocycles. The molecule has 1 aliphatic heterocycles. The molecule has 0 amide bonds. The minimum absolute atomic E-state index is 0.191. The van der Waals surface area contributed by atoms with Crippen LogP contribution >= 0.6 is 15.9 Å². The van der Waals surface area contributed by atoms with Crippen LogP contribution in [0.5, 0.6) is 5.75 Å². The molecule has 0 saturated carbocycles. The summed E-state index contributed by atoms with van der Waals surface area (Å²) in [6.45, 7) is 1.48. The lowest BCUT2D eigenvalue weighted by Crippen LogP contribution is -2.34. The number of cyclic esters (lactones) is 1. The van der Waals surface area contributed by atoms with E-state index in [1.165, 1.54) is 26.2 Å². The highest BCUT2D eigenvalue weighted by atomic mass is 79.9. The first kappa shape index (κ1) is 16.2. The van der Waals surface area contributed by atoms with Crippen LogP contribution in [-0.4, -0.2) is 24.6 Å². The normalized spacial score (nSPS) is 18.1. The molecule has 1 heterocycles. The molecule has 0 spiro atoms. The predicted octanol–water partition coefficient (Wildman–Crippen LogP) is 2.69. The van der Waals surface area contributed by atoms with Gasteiger partial charge in [-0.05, 0) is 37.3 Å². The number of halogens is 1. The Kier molecular flexibility index (Phi) is 4.92. The standard InChI is InChI=1S/C16H13BrO5/c1-9-7-13(19)15(16(20)22-9)12(18)5-3-10-8-11(17)4-6-14(10)21-2/h3-8,15H,1-2H3.